The topological polar surface area (TPSA) is 17.1 Å². The summed E-state index contributed by atoms with van der Waals surface area (Å²) >= 11 is 3.45. The molecule has 1 fully saturated rings. The number of halogens is 1. The van der Waals surface area contributed by atoms with Crippen LogP contribution in [0, 0.1) is 18.8 Å². The number of aryl methyl sites for hydroxylation is 1. The number of hydrogen-bond donors (Lipinski definition) is 0. The van der Waals surface area contributed by atoms with Crippen molar-refractivity contribution in [2.45, 2.75) is 46.0 Å². The molecule has 18 heavy (non-hydrogen) atoms. The third kappa shape index (κ3) is 3.03. The Morgan fingerprint density at radius 3 is 2.83 bits per heavy atom. The van der Waals surface area contributed by atoms with Gasteiger partial charge in [0.05, 0.1) is 0 Å². The van der Waals surface area contributed by atoms with Crippen LogP contribution < -0.4 is 0 Å². The summed E-state index contributed by atoms with van der Waals surface area (Å²) in [7, 11) is 0. The van der Waals surface area contributed by atoms with E-state index in [1.807, 2.05) is 25.1 Å². The lowest BCUT2D eigenvalue weighted by atomic mass is 9.76. The van der Waals surface area contributed by atoms with E-state index in [4.69, 9.17) is 0 Å². The van der Waals surface area contributed by atoms with Gasteiger partial charge in [-0.15, -0.1) is 0 Å². The number of carbonyl (C=O) groups excluding carboxylic acids is 1. The zero-order chi connectivity index (χ0) is 13.1. The second kappa shape index (κ2) is 6.01. The van der Waals surface area contributed by atoms with E-state index in [-0.39, 0.29) is 5.92 Å². The molecule has 2 unspecified atom stereocenters. The van der Waals surface area contributed by atoms with Crippen LogP contribution >= 0.6 is 15.9 Å². The van der Waals surface area contributed by atoms with Crippen molar-refractivity contribution >= 4 is 21.7 Å². The molecular weight excluding hydrogens is 288 g/mol. The molecule has 0 saturated heterocycles. The van der Waals surface area contributed by atoms with Crippen molar-refractivity contribution < 1.29 is 4.79 Å². The average Bonchev–Trinajstić information content (AvgIpc) is 2.38. The molecule has 0 bridgehead atoms. The van der Waals surface area contributed by atoms with Gasteiger partial charge in [0.25, 0.3) is 0 Å². The van der Waals surface area contributed by atoms with Crippen LogP contribution in [0.25, 0.3) is 0 Å². The summed E-state index contributed by atoms with van der Waals surface area (Å²) in [6, 6.07) is 5.98. The maximum Gasteiger partial charge on any atom is 0.166 e. The van der Waals surface area contributed by atoms with Crippen LogP contribution in [0.5, 0.6) is 0 Å². The highest BCUT2D eigenvalue weighted by Gasteiger charge is 2.27. The van der Waals surface area contributed by atoms with Gasteiger partial charge in [0.15, 0.2) is 5.78 Å². The van der Waals surface area contributed by atoms with Gasteiger partial charge in [0, 0.05) is 16.0 Å². The Kier molecular flexibility index (Phi) is 4.60. The molecule has 2 rings (SSSR count). The van der Waals surface area contributed by atoms with Gasteiger partial charge in [0.2, 0.25) is 0 Å². The fourth-order valence-corrected chi connectivity index (χ4v) is 3.50. The lowest BCUT2D eigenvalue weighted by molar-refractivity contribution is 0.0861. The average molecular weight is 309 g/mol. The smallest absolute Gasteiger partial charge is 0.166 e. The molecule has 1 saturated carbocycles. The van der Waals surface area contributed by atoms with Gasteiger partial charge < -0.3 is 0 Å². The first-order chi connectivity index (χ1) is 8.61. The summed E-state index contributed by atoms with van der Waals surface area (Å²) in [5.41, 5.74) is 2.01. The summed E-state index contributed by atoms with van der Waals surface area (Å²) in [5.74, 6) is 1.37. The Morgan fingerprint density at radius 2 is 2.17 bits per heavy atom. The molecular formula is C16H21BrO. The SMILES string of the molecule is CCC1CCCC(C(=O)c2ccc(Br)cc2C)C1. The van der Waals surface area contributed by atoms with Gasteiger partial charge in [-0.1, -0.05) is 48.2 Å². The molecule has 1 aromatic rings. The first kappa shape index (κ1) is 13.8. The Balaban J connectivity index is 2.15. The third-order valence-electron chi connectivity index (χ3n) is 4.18. The Hall–Kier alpha value is -0.630. The van der Waals surface area contributed by atoms with Crippen LogP contribution in [-0.2, 0) is 0 Å². The quantitative estimate of drug-likeness (QED) is 0.705. The van der Waals surface area contributed by atoms with E-state index in [0.717, 1.165) is 34.4 Å². The Bertz CT molecular complexity index is 439. The molecule has 0 aromatic heterocycles. The van der Waals surface area contributed by atoms with Crippen LogP contribution in [0.1, 0.15) is 54.9 Å². The lowest BCUT2D eigenvalue weighted by Crippen LogP contribution is -2.23. The summed E-state index contributed by atoms with van der Waals surface area (Å²) in [6.07, 6.45) is 5.89. The monoisotopic (exact) mass is 308 g/mol. The molecule has 1 aromatic carbocycles. The summed E-state index contributed by atoms with van der Waals surface area (Å²) in [6.45, 7) is 4.26. The van der Waals surface area contributed by atoms with Crippen molar-refractivity contribution in [2.24, 2.45) is 11.8 Å². The third-order valence-corrected chi connectivity index (χ3v) is 4.68. The van der Waals surface area contributed by atoms with Gasteiger partial charge in [-0.25, -0.2) is 0 Å². The molecule has 0 radical (unpaired) electrons. The van der Waals surface area contributed by atoms with Gasteiger partial charge in [0.1, 0.15) is 0 Å². The molecule has 0 heterocycles. The second-order valence-electron chi connectivity index (χ2n) is 5.46. The standard InChI is InChI=1S/C16H21BrO/c1-3-12-5-4-6-13(10-12)16(18)15-8-7-14(17)9-11(15)2/h7-9,12-13H,3-6,10H2,1-2H3. The van der Waals surface area contributed by atoms with E-state index in [1.165, 1.54) is 19.3 Å². The lowest BCUT2D eigenvalue weighted by Gasteiger charge is -2.27. The Morgan fingerprint density at radius 1 is 1.39 bits per heavy atom. The fourth-order valence-electron chi connectivity index (χ4n) is 3.02. The first-order valence-electron chi connectivity index (χ1n) is 6.92. The van der Waals surface area contributed by atoms with Crippen molar-refractivity contribution in [3.63, 3.8) is 0 Å². The molecule has 0 N–H and O–H groups in total. The largest absolute Gasteiger partial charge is 0.294 e. The minimum atomic E-state index is 0.253. The molecule has 1 aliphatic carbocycles. The van der Waals surface area contributed by atoms with Crippen molar-refractivity contribution in [3.05, 3.63) is 33.8 Å². The van der Waals surface area contributed by atoms with E-state index in [1.54, 1.807) is 0 Å². The van der Waals surface area contributed by atoms with E-state index in [2.05, 4.69) is 22.9 Å². The molecule has 1 nitrogen and oxygen atoms in total. The number of rotatable bonds is 3. The highest BCUT2D eigenvalue weighted by atomic mass is 79.9. The minimum absolute atomic E-state index is 0.253. The van der Waals surface area contributed by atoms with E-state index < -0.39 is 0 Å². The van der Waals surface area contributed by atoms with Crippen LogP contribution in [0.4, 0.5) is 0 Å². The molecule has 0 aliphatic heterocycles. The van der Waals surface area contributed by atoms with Crippen molar-refractivity contribution in [1.82, 2.24) is 0 Å². The Labute approximate surface area is 118 Å². The van der Waals surface area contributed by atoms with E-state index in [0.29, 0.717) is 5.78 Å². The number of benzene rings is 1. The first-order valence-corrected chi connectivity index (χ1v) is 7.71. The number of hydrogen-bond acceptors (Lipinski definition) is 1. The number of carbonyl (C=O) groups is 1. The molecule has 0 spiro atoms. The zero-order valence-electron chi connectivity index (χ0n) is 11.2. The molecule has 0 amide bonds. The van der Waals surface area contributed by atoms with Crippen LogP contribution in [0.15, 0.2) is 22.7 Å². The van der Waals surface area contributed by atoms with Crippen LogP contribution in [0.2, 0.25) is 0 Å². The van der Waals surface area contributed by atoms with Crippen molar-refractivity contribution in [1.29, 1.82) is 0 Å². The van der Waals surface area contributed by atoms with E-state index in [9.17, 15) is 4.79 Å². The zero-order valence-corrected chi connectivity index (χ0v) is 12.8. The summed E-state index contributed by atoms with van der Waals surface area (Å²) in [4.78, 5) is 12.6. The molecule has 1 aliphatic rings. The molecule has 2 heteroatoms. The van der Waals surface area contributed by atoms with Crippen molar-refractivity contribution in [3.8, 4) is 0 Å². The highest BCUT2D eigenvalue weighted by molar-refractivity contribution is 9.10. The fraction of sp³-hybridized carbons (Fsp3) is 0.562. The predicted octanol–water partition coefficient (Wildman–Crippen LogP) is 5.16. The van der Waals surface area contributed by atoms with Gasteiger partial charge in [-0.2, -0.15) is 0 Å². The highest BCUT2D eigenvalue weighted by Crippen LogP contribution is 2.33. The van der Waals surface area contributed by atoms with Gasteiger partial charge in [-0.05, 0) is 43.4 Å². The molecule has 98 valence electrons. The maximum atomic E-state index is 12.6. The van der Waals surface area contributed by atoms with Crippen LogP contribution in [-0.4, -0.2) is 5.78 Å². The predicted molar refractivity (Wildman–Crippen MR) is 78.9 cm³/mol. The van der Waals surface area contributed by atoms with E-state index >= 15 is 0 Å². The van der Waals surface area contributed by atoms with Gasteiger partial charge >= 0.3 is 0 Å². The minimum Gasteiger partial charge on any atom is -0.294 e. The second-order valence-corrected chi connectivity index (χ2v) is 6.38. The normalized spacial score (nSPS) is 23.9. The summed E-state index contributed by atoms with van der Waals surface area (Å²) in [5, 5.41) is 0. The number of ketones is 1. The van der Waals surface area contributed by atoms with Crippen molar-refractivity contribution in [2.75, 3.05) is 0 Å². The number of Topliss-reactive ketones (excluding diaryl/α,β-unsaturated/α-hetero) is 1. The van der Waals surface area contributed by atoms with Gasteiger partial charge in [-0.3, -0.25) is 4.79 Å². The van der Waals surface area contributed by atoms with Crippen LogP contribution in [0.3, 0.4) is 0 Å². The summed E-state index contributed by atoms with van der Waals surface area (Å²) < 4.78 is 1.05. The maximum absolute atomic E-state index is 12.6. The molecule has 2 atom stereocenters.